The van der Waals surface area contributed by atoms with Crippen LogP contribution in [0.5, 0.6) is 17.2 Å². The molecular weight excluding hydrogens is 386 g/mol. The molecule has 2 rings (SSSR count). The number of hydrogen-bond acceptors (Lipinski definition) is 5. The van der Waals surface area contributed by atoms with E-state index in [1.807, 2.05) is 13.8 Å². The third kappa shape index (κ3) is 5.17. The van der Waals surface area contributed by atoms with E-state index in [2.05, 4.69) is 5.32 Å². The van der Waals surface area contributed by atoms with E-state index < -0.39 is 29.9 Å². The number of nitrogens with one attached hydrogen (secondary N) is 1. The summed E-state index contributed by atoms with van der Waals surface area (Å²) in [4.78, 5) is 23.5. The number of carbonyl (C=O) groups excluding carboxylic acids is 1. The van der Waals surface area contributed by atoms with Gasteiger partial charge in [0.1, 0.15) is 17.2 Å². The van der Waals surface area contributed by atoms with Crippen LogP contribution in [-0.4, -0.2) is 30.7 Å². The molecule has 2 aromatic carbocycles. The van der Waals surface area contributed by atoms with E-state index >= 15 is 0 Å². The summed E-state index contributed by atoms with van der Waals surface area (Å²) >= 11 is 6.09. The van der Waals surface area contributed by atoms with Crippen LogP contribution in [0.25, 0.3) is 6.08 Å². The molecule has 0 radical (unpaired) electrons. The summed E-state index contributed by atoms with van der Waals surface area (Å²) in [6, 6.07) is 7.78. The summed E-state index contributed by atoms with van der Waals surface area (Å²) in [5, 5.41) is 24.3. The van der Waals surface area contributed by atoms with E-state index in [1.165, 1.54) is 19.2 Å². The van der Waals surface area contributed by atoms with Gasteiger partial charge < -0.3 is 25.0 Å². The van der Waals surface area contributed by atoms with E-state index in [0.717, 1.165) is 17.2 Å². The predicted octanol–water partition coefficient (Wildman–Crippen LogP) is 2.66. The largest absolute Gasteiger partial charge is 0.870 e. The number of carboxylic acid groups (broad SMARTS) is 1. The summed E-state index contributed by atoms with van der Waals surface area (Å²) in [5.41, 5.74) is 1.21. The van der Waals surface area contributed by atoms with Crippen LogP contribution in [0.4, 0.5) is 0 Å². The molecule has 148 valence electrons. The minimum Gasteiger partial charge on any atom is -0.870 e. The molecule has 0 spiro atoms. The monoisotopic (exact) mass is 404 g/mol. The highest BCUT2D eigenvalue weighted by atomic mass is 35.5. The highest BCUT2D eigenvalue weighted by Gasteiger charge is 2.13. The summed E-state index contributed by atoms with van der Waals surface area (Å²) in [6.07, 6.45) is 1.07. The van der Waals surface area contributed by atoms with E-state index in [9.17, 15) is 19.8 Å². The van der Waals surface area contributed by atoms with Gasteiger partial charge in [0.2, 0.25) is 0 Å². The fourth-order valence-corrected chi connectivity index (χ4v) is 2.55. The number of ether oxygens (including phenoxy) is 2. The lowest BCUT2D eigenvalue weighted by molar-refractivity contribution is -0.270. The molecule has 0 atom stereocenters. The molecule has 0 saturated carbocycles. The number of halogens is 1. The van der Waals surface area contributed by atoms with Crippen molar-refractivity contribution in [2.75, 3.05) is 13.7 Å². The fourth-order valence-electron chi connectivity index (χ4n) is 2.44. The first-order valence-electron chi connectivity index (χ1n) is 8.21. The first-order valence-corrected chi connectivity index (χ1v) is 8.59. The van der Waals surface area contributed by atoms with Crippen molar-refractivity contribution in [1.29, 1.82) is 0 Å². The molecule has 0 fully saturated rings. The zero-order valence-corrected chi connectivity index (χ0v) is 16.3. The second-order valence-corrected chi connectivity index (χ2v) is 6.33. The Kier molecular flexibility index (Phi) is 6.89. The molecule has 0 aliphatic carbocycles. The van der Waals surface area contributed by atoms with Crippen LogP contribution < -0.4 is 19.9 Å². The van der Waals surface area contributed by atoms with Gasteiger partial charge in [-0.05, 0) is 54.8 Å². The van der Waals surface area contributed by atoms with E-state index in [-0.39, 0.29) is 11.3 Å². The summed E-state index contributed by atoms with van der Waals surface area (Å²) in [7, 11) is 1.33. The Hall–Kier alpha value is -3.19. The minimum atomic E-state index is -1.39. The lowest BCUT2D eigenvalue weighted by Crippen LogP contribution is -2.31. The zero-order chi connectivity index (χ0) is 20.8. The first-order chi connectivity index (χ1) is 13.2. The summed E-state index contributed by atoms with van der Waals surface area (Å²) in [6.45, 7) is 3.21. The molecule has 7 nitrogen and oxygen atoms in total. The van der Waals surface area contributed by atoms with Crippen molar-refractivity contribution in [3.8, 4) is 17.2 Å². The van der Waals surface area contributed by atoms with Crippen molar-refractivity contribution in [3.05, 3.63) is 57.7 Å². The van der Waals surface area contributed by atoms with Gasteiger partial charge in [0.25, 0.3) is 5.91 Å². The Morgan fingerprint density at radius 1 is 1.25 bits per heavy atom. The third-order valence-corrected chi connectivity index (χ3v) is 4.41. The van der Waals surface area contributed by atoms with Gasteiger partial charge in [-0.1, -0.05) is 29.5 Å². The van der Waals surface area contributed by atoms with Crippen molar-refractivity contribution in [2.24, 2.45) is 0 Å². The lowest BCUT2D eigenvalue weighted by atomic mass is 10.1. The highest BCUT2D eigenvalue weighted by molar-refractivity contribution is 6.32. The fraction of sp³-hybridized carbons (Fsp3) is 0.200. The Bertz CT molecular complexity index is 915. The molecule has 0 bridgehead atoms. The van der Waals surface area contributed by atoms with Crippen molar-refractivity contribution in [3.63, 3.8) is 0 Å². The number of carbonyl (C=O) groups is 2. The van der Waals surface area contributed by atoms with Crippen LogP contribution in [0.1, 0.15) is 16.7 Å². The van der Waals surface area contributed by atoms with Crippen LogP contribution in [0, 0.1) is 13.8 Å². The number of rotatable bonds is 7. The number of hydrogen-bond donors (Lipinski definition) is 2. The molecule has 2 aromatic rings. The molecule has 2 N–H and O–H groups in total. The van der Waals surface area contributed by atoms with E-state index in [0.29, 0.717) is 10.8 Å². The normalized spacial score (nSPS) is 11.1. The maximum absolute atomic E-state index is 12.1. The average molecular weight is 405 g/mol. The third-order valence-electron chi connectivity index (χ3n) is 3.81. The smallest absolute Gasteiger partial charge is 0.352 e. The molecule has 0 saturated heterocycles. The number of methoxy groups -OCH3 is 1. The maximum atomic E-state index is 12.1. The van der Waals surface area contributed by atoms with Crippen LogP contribution >= 0.6 is 11.6 Å². The second kappa shape index (κ2) is 9.14. The topological polar surface area (TPSA) is 108 Å². The van der Waals surface area contributed by atoms with Crippen molar-refractivity contribution < 1.29 is 29.3 Å². The SMILES string of the molecule is COc1cccc(/C=C(/NC(=O)COc2cc(C)c(Cl)c(C)c2)C(=O)O)c1[O-]. The Balaban J connectivity index is 2.12. The van der Waals surface area contributed by atoms with Crippen LogP contribution in [-0.2, 0) is 9.59 Å². The van der Waals surface area contributed by atoms with E-state index in [1.54, 1.807) is 18.2 Å². The van der Waals surface area contributed by atoms with Gasteiger partial charge in [-0.2, -0.15) is 0 Å². The molecule has 0 aliphatic rings. The van der Waals surface area contributed by atoms with Gasteiger partial charge >= 0.3 is 5.97 Å². The zero-order valence-electron chi connectivity index (χ0n) is 15.5. The number of para-hydroxylation sites is 1. The van der Waals surface area contributed by atoms with E-state index in [4.69, 9.17) is 21.1 Å². The standard InChI is InChI=1S/C20H20ClNO6/c1-11-7-14(8-12(2)18(11)21)28-10-17(23)22-15(20(25)26)9-13-5-4-6-16(27-3)19(13)24/h4-9,24H,10H2,1-3H3,(H,22,23)(H,25,26)/p-1/b15-9+. The Morgan fingerprint density at radius 3 is 2.46 bits per heavy atom. The lowest BCUT2D eigenvalue weighted by Gasteiger charge is -2.16. The minimum absolute atomic E-state index is 0.0710. The molecule has 1 amide bonds. The van der Waals surface area contributed by atoms with Crippen LogP contribution in [0.3, 0.4) is 0 Å². The quantitative estimate of drug-likeness (QED) is 0.687. The molecule has 0 aliphatic heterocycles. The van der Waals surface area contributed by atoms with Gasteiger partial charge in [-0.25, -0.2) is 4.79 Å². The summed E-state index contributed by atoms with van der Waals surface area (Å²) < 4.78 is 10.3. The van der Waals surface area contributed by atoms with Gasteiger partial charge in [0.15, 0.2) is 6.61 Å². The van der Waals surface area contributed by atoms with Gasteiger partial charge in [-0.15, -0.1) is 0 Å². The molecule has 28 heavy (non-hydrogen) atoms. The highest BCUT2D eigenvalue weighted by Crippen LogP contribution is 2.28. The Morgan fingerprint density at radius 2 is 1.89 bits per heavy atom. The second-order valence-electron chi connectivity index (χ2n) is 5.95. The number of aliphatic carboxylic acids is 1. The average Bonchev–Trinajstić information content (AvgIpc) is 2.65. The summed E-state index contributed by atoms with van der Waals surface area (Å²) in [5.74, 6) is -2.06. The van der Waals surface area contributed by atoms with Crippen LogP contribution in [0.2, 0.25) is 5.02 Å². The van der Waals surface area contributed by atoms with Crippen molar-refractivity contribution >= 4 is 29.6 Å². The molecule has 0 aromatic heterocycles. The number of aryl methyl sites for hydroxylation is 2. The van der Waals surface area contributed by atoms with Gasteiger partial charge in [-0.3, -0.25) is 4.79 Å². The van der Waals surface area contributed by atoms with Gasteiger partial charge in [0, 0.05) is 5.02 Å². The van der Waals surface area contributed by atoms with Crippen molar-refractivity contribution in [1.82, 2.24) is 5.32 Å². The Labute approximate surface area is 167 Å². The predicted molar refractivity (Wildman–Crippen MR) is 103 cm³/mol. The molecule has 8 heteroatoms. The molecular formula is C20H19ClNO6-. The number of carboxylic acids is 1. The number of amides is 1. The maximum Gasteiger partial charge on any atom is 0.352 e. The molecule has 0 heterocycles. The van der Waals surface area contributed by atoms with Gasteiger partial charge in [0.05, 0.1) is 7.11 Å². The number of benzene rings is 2. The first kappa shape index (κ1) is 21.1. The molecule has 0 unspecified atom stereocenters. The van der Waals surface area contributed by atoms with Crippen LogP contribution in [0.15, 0.2) is 36.0 Å². The van der Waals surface area contributed by atoms with Crippen molar-refractivity contribution in [2.45, 2.75) is 13.8 Å².